The molecular weight excluding hydrogens is 270 g/mol. The molecule has 0 saturated carbocycles. The number of hydrogen-bond acceptors (Lipinski definition) is 4. The fourth-order valence-electron chi connectivity index (χ4n) is 2.12. The van der Waals surface area contributed by atoms with E-state index < -0.39 is 0 Å². The maximum atomic E-state index is 5.71. The van der Waals surface area contributed by atoms with Crippen LogP contribution in [0.2, 0.25) is 0 Å². The monoisotopic (exact) mass is 295 g/mol. The standard InChI is InChI=1S/C14H25N5O2/c1-15-14(17-7-9-19-8-2-6-18-19)16-5-3-10-21-13-4-11-20-12-13/h2,6,8,13H,3-5,7,9-12H2,1H3,(H2,15,16,17). The zero-order valence-electron chi connectivity index (χ0n) is 12.6. The van der Waals surface area contributed by atoms with Crippen LogP contribution in [0.4, 0.5) is 0 Å². The van der Waals surface area contributed by atoms with Gasteiger partial charge in [-0.25, -0.2) is 0 Å². The third-order valence-electron chi connectivity index (χ3n) is 3.27. The van der Waals surface area contributed by atoms with Gasteiger partial charge in [-0.2, -0.15) is 5.10 Å². The van der Waals surface area contributed by atoms with Crippen molar-refractivity contribution in [2.75, 3.05) is 40.0 Å². The van der Waals surface area contributed by atoms with Crippen LogP contribution in [-0.2, 0) is 16.0 Å². The fourth-order valence-corrected chi connectivity index (χ4v) is 2.12. The second kappa shape index (κ2) is 9.36. The molecule has 1 fully saturated rings. The van der Waals surface area contributed by atoms with Gasteiger partial charge in [-0.1, -0.05) is 0 Å². The minimum atomic E-state index is 0.288. The molecular formula is C14H25N5O2. The summed E-state index contributed by atoms with van der Waals surface area (Å²) >= 11 is 0. The molecule has 21 heavy (non-hydrogen) atoms. The Morgan fingerprint density at radius 3 is 3.10 bits per heavy atom. The zero-order valence-corrected chi connectivity index (χ0v) is 12.6. The summed E-state index contributed by atoms with van der Waals surface area (Å²) in [5, 5.41) is 10.7. The summed E-state index contributed by atoms with van der Waals surface area (Å²) < 4.78 is 12.9. The molecule has 2 rings (SSSR count). The van der Waals surface area contributed by atoms with Gasteiger partial charge in [0, 0.05) is 45.7 Å². The Labute approximate surface area is 125 Å². The van der Waals surface area contributed by atoms with Crippen LogP contribution in [0, 0.1) is 0 Å². The van der Waals surface area contributed by atoms with Gasteiger partial charge in [0.05, 0.1) is 19.3 Å². The van der Waals surface area contributed by atoms with Crippen LogP contribution in [0.15, 0.2) is 23.5 Å². The van der Waals surface area contributed by atoms with Crippen molar-refractivity contribution in [2.24, 2.45) is 4.99 Å². The van der Waals surface area contributed by atoms with E-state index >= 15 is 0 Å². The van der Waals surface area contributed by atoms with Crippen LogP contribution in [-0.4, -0.2) is 61.8 Å². The first-order chi connectivity index (χ1) is 10.4. The zero-order chi connectivity index (χ0) is 14.8. The van der Waals surface area contributed by atoms with E-state index in [2.05, 4.69) is 20.7 Å². The molecule has 0 aliphatic carbocycles. The van der Waals surface area contributed by atoms with Gasteiger partial charge in [-0.05, 0) is 18.9 Å². The summed E-state index contributed by atoms with van der Waals surface area (Å²) in [6, 6.07) is 1.92. The summed E-state index contributed by atoms with van der Waals surface area (Å²) in [7, 11) is 1.77. The number of rotatable bonds is 8. The molecule has 1 atom stereocenters. The lowest BCUT2D eigenvalue weighted by Crippen LogP contribution is -2.39. The van der Waals surface area contributed by atoms with Crippen molar-refractivity contribution in [2.45, 2.75) is 25.5 Å². The number of ether oxygens (including phenoxy) is 2. The first-order valence-electron chi connectivity index (χ1n) is 7.50. The first-order valence-corrected chi connectivity index (χ1v) is 7.50. The molecule has 1 unspecified atom stereocenters. The minimum Gasteiger partial charge on any atom is -0.379 e. The van der Waals surface area contributed by atoms with Crippen LogP contribution in [0.3, 0.4) is 0 Å². The topological polar surface area (TPSA) is 72.7 Å². The lowest BCUT2D eigenvalue weighted by molar-refractivity contribution is 0.0420. The molecule has 2 N–H and O–H groups in total. The minimum absolute atomic E-state index is 0.288. The first kappa shape index (κ1) is 15.8. The van der Waals surface area contributed by atoms with Gasteiger partial charge in [-0.3, -0.25) is 9.67 Å². The summed E-state index contributed by atoms with van der Waals surface area (Å²) in [5.74, 6) is 0.811. The van der Waals surface area contributed by atoms with Crippen LogP contribution in [0.1, 0.15) is 12.8 Å². The Morgan fingerprint density at radius 2 is 2.38 bits per heavy atom. The van der Waals surface area contributed by atoms with E-state index in [1.807, 2.05) is 16.9 Å². The van der Waals surface area contributed by atoms with Gasteiger partial charge >= 0.3 is 0 Å². The Bertz CT molecular complexity index is 402. The number of aliphatic imine (C=N–C) groups is 1. The Hall–Kier alpha value is -1.60. The average Bonchev–Trinajstić information content (AvgIpc) is 3.18. The molecule has 1 aromatic rings. The van der Waals surface area contributed by atoms with Gasteiger partial charge < -0.3 is 20.1 Å². The summed E-state index contributed by atoms with van der Waals surface area (Å²) in [6.45, 7) is 4.77. The number of hydrogen-bond donors (Lipinski definition) is 2. The van der Waals surface area contributed by atoms with Crippen molar-refractivity contribution < 1.29 is 9.47 Å². The molecule has 0 aromatic carbocycles. The van der Waals surface area contributed by atoms with Crippen molar-refractivity contribution in [3.05, 3.63) is 18.5 Å². The molecule has 0 amide bonds. The molecule has 1 aliphatic rings. The predicted molar refractivity (Wildman–Crippen MR) is 81.4 cm³/mol. The van der Waals surface area contributed by atoms with Crippen molar-refractivity contribution in [1.82, 2.24) is 20.4 Å². The maximum absolute atomic E-state index is 5.71. The normalized spacial score (nSPS) is 18.9. The van der Waals surface area contributed by atoms with Gasteiger partial charge in [-0.15, -0.1) is 0 Å². The highest BCUT2D eigenvalue weighted by atomic mass is 16.5. The number of aromatic nitrogens is 2. The summed E-state index contributed by atoms with van der Waals surface area (Å²) in [4.78, 5) is 4.19. The van der Waals surface area contributed by atoms with Gasteiger partial charge in [0.25, 0.3) is 0 Å². The van der Waals surface area contributed by atoms with E-state index in [-0.39, 0.29) is 6.10 Å². The highest BCUT2D eigenvalue weighted by Crippen LogP contribution is 2.07. The van der Waals surface area contributed by atoms with Crippen LogP contribution < -0.4 is 10.6 Å². The third kappa shape index (κ3) is 6.14. The van der Waals surface area contributed by atoms with Crippen LogP contribution >= 0.6 is 0 Å². The van der Waals surface area contributed by atoms with E-state index in [1.165, 1.54) is 0 Å². The lowest BCUT2D eigenvalue weighted by Gasteiger charge is -2.13. The molecule has 1 aromatic heterocycles. The molecule has 2 heterocycles. The van der Waals surface area contributed by atoms with E-state index in [9.17, 15) is 0 Å². The molecule has 7 heteroatoms. The van der Waals surface area contributed by atoms with E-state index in [0.717, 1.165) is 58.3 Å². The van der Waals surface area contributed by atoms with Crippen molar-refractivity contribution in [3.63, 3.8) is 0 Å². The van der Waals surface area contributed by atoms with Crippen molar-refractivity contribution in [1.29, 1.82) is 0 Å². The fraction of sp³-hybridized carbons (Fsp3) is 0.714. The van der Waals surface area contributed by atoms with Gasteiger partial charge in [0.1, 0.15) is 0 Å². The van der Waals surface area contributed by atoms with Gasteiger partial charge in [0.15, 0.2) is 5.96 Å². The van der Waals surface area contributed by atoms with E-state index in [0.29, 0.717) is 0 Å². The number of nitrogens with zero attached hydrogens (tertiary/aromatic N) is 3. The summed E-state index contributed by atoms with van der Waals surface area (Å²) in [5.41, 5.74) is 0. The number of nitrogens with one attached hydrogen (secondary N) is 2. The molecule has 0 radical (unpaired) electrons. The number of guanidine groups is 1. The largest absolute Gasteiger partial charge is 0.379 e. The van der Waals surface area contributed by atoms with Crippen LogP contribution in [0.5, 0.6) is 0 Å². The average molecular weight is 295 g/mol. The van der Waals surface area contributed by atoms with Crippen molar-refractivity contribution >= 4 is 5.96 Å². The lowest BCUT2D eigenvalue weighted by atomic mass is 10.3. The molecule has 7 nitrogen and oxygen atoms in total. The second-order valence-corrected chi connectivity index (χ2v) is 4.90. The maximum Gasteiger partial charge on any atom is 0.191 e. The third-order valence-corrected chi connectivity index (χ3v) is 3.27. The Balaban J connectivity index is 1.49. The Kier molecular flexibility index (Phi) is 7.03. The van der Waals surface area contributed by atoms with E-state index in [4.69, 9.17) is 9.47 Å². The van der Waals surface area contributed by atoms with Crippen molar-refractivity contribution in [3.8, 4) is 0 Å². The van der Waals surface area contributed by atoms with Gasteiger partial charge in [0.2, 0.25) is 0 Å². The molecule has 118 valence electrons. The molecule has 1 saturated heterocycles. The smallest absolute Gasteiger partial charge is 0.191 e. The highest BCUT2D eigenvalue weighted by Gasteiger charge is 2.15. The second-order valence-electron chi connectivity index (χ2n) is 4.90. The molecule has 0 bridgehead atoms. The molecule has 0 spiro atoms. The Morgan fingerprint density at radius 1 is 1.48 bits per heavy atom. The SMILES string of the molecule is CN=C(NCCCOC1CCOC1)NCCn1cccn1. The van der Waals surface area contributed by atoms with E-state index in [1.54, 1.807) is 13.2 Å². The highest BCUT2D eigenvalue weighted by molar-refractivity contribution is 5.79. The summed E-state index contributed by atoms with van der Waals surface area (Å²) in [6.07, 6.45) is 5.99. The molecule has 1 aliphatic heterocycles. The van der Waals surface area contributed by atoms with Crippen LogP contribution in [0.25, 0.3) is 0 Å². The predicted octanol–water partition coefficient (Wildman–Crippen LogP) is 0.244. The quantitative estimate of drug-likeness (QED) is 0.408.